The first-order chi connectivity index (χ1) is 9.09. The number of nitrogens with zero attached hydrogens (tertiary/aromatic N) is 1. The summed E-state index contributed by atoms with van der Waals surface area (Å²) < 4.78 is 0. The molecule has 6 heteroatoms. The van der Waals surface area contributed by atoms with Crippen molar-refractivity contribution in [2.75, 3.05) is 10.7 Å². The Morgan fingerprint density at radius 3 is 2.63 bits per heavy atom. The number of para-hydroxylation sites is 1. The van der Waals surface area contributed by atoms with Gasteiger partial charge in [0.2, 0.25) is 11.8 Å². The predicted octanol–water partition coefficient (Wildman–Crippen LogP) is 0.192. The summed E-state index contributed by atoms with van der Waals surface area (Å²) in [5.74, 6) is -1.40. The third-order valence-corrected chi connectivity index (χ3v) is 3.96. The zero-order chi connectivity index (χ0) is 13.8. The largest absolute Gasteiger partial charge is 0.550 e. The highest BCUT2D eigenvalue weighted by atomic mass is 32.2. The fourth-order valence-corrected chi connectivity index (χ4v) is 2.94. The summed E-state index contributed by atoms with van der Waals surface area (Å²) in [7, 11) is 0. The fourth-order valence-electron chi connectivity index (χ4n) is 1.87. The molecular formula is C13H12NO4S-. The van der Waals surface area contributed by atoms with Crippen molar-refractivity contribution in [1.29, 1.82) is 0 Å². The summed E-state index contributed by atoms with van der Waals surface area (Å²) >= 11 is 1.19. The van der Waals surface area contributed by atoms with Crippen LogP contribution in [0.3, 0.4) is 0 Å². The molecule has 1 aliphatic heterocycles. The van der Waals surface area contributed by atoms with Crippen LogP contribution in [0.25, 0.3) is 0 Å². The van der Waals surface area contributed by atoms with Gasteiger partial charge in [-0.2, -0.15) is 0 Å². The second-order valence-electron chi connectivity index (χ2n) is 4.09. The minimum Gasteiger partial charge on any atom is -0.550 e. The lowest BCUT2D eigenvalue weighted by Crippen LogP contribution is -2.31. The lowest BCUT2D eigenvalue weighted by Gasteiger charge is -2.14. The number of carboxylic acid groups (broad SMARTS) is 1. The molecule has 0 aliphatic carbocycles. The van der Waals surface area contributed by atoms with Crippen LogP contribution >= 0.6 is 11.8 Å². The van der Waals surface area contributed by atoms with Gasteiger partial charge in [0.05, 0.1) is 10.9 Å². The maximum Gasteiger partial charge on any atom is 0.247 e. The maximum absolute atomic E-state index is 12.1. The third kappa shape index (κ3) is 3.14. The standard InChI is InChI=1S/C13H13NO4S/c15-11-8-10(19-7-6-12(16)17)13(18)14(11)9-4-2-1-3-5-9/h1-5,10H,6-8H2,(H,16,17)/p-1/t10-/m1/s1. The van der Waals surface area contributed by atoms with Crippen LogP contribution in [0.15, 0.2) is 30.3 Å². The molecule has 0 unspecified atom stereocenters. The molecule has 1 atom stereocenters. The molecule has 0 aromatic heterocycles. The number of thioether (sulfide) groups is 1. The van der Waals surface area contributed by atoms with Crippen molar-refractivity contribution >= 4 is 35.2 Å². The molecule has 2 rings (SSSR count). The second kappa shape index (κ2) is 5.88. The highest BCUT2D eigenvalue weighted by molar-refractivity contribution is 8.00. The molecule has 1 heterocycles. The van der Waals surface area contributed by atoms with E-state index in [2.05, 4.69) is 0 Å². The number of carbonyl (C=O) groups excluding carboxylic acids is 3. The summed E-state index contributed by atoms with van der Waals surface area (Å²) in [4.78, 5) is 35.5. The molecule has 0 saturated carbocycles. The van der Waals surface area contributed by atoms with E-state index in [9.17, 15) is 19.5 Å². The van der Waals surface area contributed by atoms with E-state index in [0.29, 0.717) is 5.69 Å². The van der Waals surface area contributed by atoms with Crippen LogP contribution in [0.1, 0.15) is 12.8 Å². The van der Waals surface area contributed by atoms with E-state index in [1.165, 1.54) is 11.8 Å². The molecular weight excluding hydrogens is 266 g/mol. The second-order valence-corrected chi connectivity index (χ2v) is 5.40. The van der Waals surface area contributed by atoms with E-state index in [1.807, 2.05) is 0 Å². The fraction of sp³-hybridized carbons (Fsp3) is 0.308. The van der Waals surface area contributed by atoms with Crippen LogP contribution in [-0.4, -0.2) is 28.8 Å². The summed E-state index contributed by atoms with van der Waals surface area (Å²) in [5.41, 5.74) is 0.556. The van der Waals surface area contributed by atoms with E-state index in [4.69, 9.17) is 0 Å². The number of rotatable bonds is 5. The minimum absolute atomic E-state index is 0.117. The Balaban J connectivity index is 2.03. The van der Waals surface area contributed by atoms with E-state index < -0.39 is 11.2 Å². The number of benzene rings is 1. The molecule has 1 saturated heterocycles. The number of carboxylic acids is 1. The van der Waals surface area contributed by atoms with Gasteiger partial charge in [0.15, 0.2) is 0 Å². The van der Waals surface area contributed by atoms with E-state index in [1.54, 1.807) is 30.3 Å². The number of imide groups is 1. The Hall–Kier alpha value is -1.82. The van der Waals surface area contributed by atoms with Crippen LogP contribution < -0.4 is 10.0 Å². The van der Waals surface area contributed by atoms with Gasteiger partial charge in [0.1, 0.15) is 0 Å². The summed E-state index contributed by atoms with van der Waals surface area (Å²) in [6.45, 7) is 0. The topological polar surface area (TPSA) is 77.5 Å². The summed E-state index contributed by atoms with van der Waals surface area (Å²) in [6.07, 6.45) is -0.000579. The average molecular weight is 278 g/mol. The van der Waals surface area contributed by atoms with Gasteiger partial charge in [-0.15, -0.1) is 11.8 Å². The van der Waals surface area contributed by atoms with Gasteiger partial charge in [-0.1, -0.05) is 18.2 Å². The SMILES string of the molecule is O=C([O-])CCS[C@@H]1CC(=O)N(c2ccccc2)C1=O. The summed E-state index contributed by atoms with van der Waals surface area (Å²) in [6, 6.07) is 8.72. The van der Waals surface area contributed by atoms with E-state index >= 15 is 0 Å². The van der Waals surface area contributed by atoms with Gasteiger partial charge in [-0.3, -0.25) is 9.59 Å². The molecule has 1 aromatic carbocycles. The van der Waals surface area contributed by atoms with Crippen LogP contribution in [-0.2, 0) is 14.4 Å². The number of amides is 2. The van der Waals surface area contributed by atoms with Crippen LogP contribution in [0.5, 0.6) is 0 Å². The van der Waals surface area contributed by atoms with Crippen molar-refractivity contribution in [3.63, 3.8) is 0 Å². The smallest absolute Gasteiger partial charge is 0.247 e. The predicted molar refractivity (Wildman–Crippen MR) is 69.4 cm³/mol. The number of aliphatic carboxylic acids is 1. The highest BCUT2D eigenvalue weighted by Crippen LogP contribution is 2.29. The molecule has 0 radical (unpaired) electrons. The number of hydrogen-bond donors (Lipinski definition) is 0. The minimum atomic E-state index is -1.15. The van der Waals surface area contributed by atoms with Crippen molar-refractivity contribution in [3.8, 4) is 0 Å². The normalized spacial score (nSPS) is 18.9. The third-order valence-electron chi connectivity index (χ3n) is 2.74. The lowest BCUT2D eigenvalue weighted by atomic mass is 10.3. The number of hydrogen-bond acceptors (Lipinski definition) is 5. The molecule has 19 heavy (non-hydrogen) atoms. The Morgan fingerprint density at radius 1 is 1.32 bits per heavy atom. The van der Waals surface area contributed by atoms with Gasteiger partial charge >= 0.3 is 0 Å². The first-order valence-corrected chi connectivity index (χ1v) is 6.88. The van der Waals surface area contributed by atoms with Gasteiger partial charge in [-0.05, 0) is 24.3 Å². The van der Waals surface area contributed by atoms with E-state index in [0.717, 1.165) is 4.90 Å². The maximum atomic E-state index is 12.1. The molecule has 2 amide bonds. The molecule has 5 nitrogen and oxygen atoms in total. The number of carbonyl (C=O) groups is 3. The Labute approximate surface area is 114 Å². The molecule has 100 valence electrons. The van der Waals surface area contributed by atoms with Crippen molar-refractivity contribution in [2.24, 2.45) is 0 Å². The molecule has 0 N–H and O–H groups in total. The zero-order valence-electron chi connectivity index (χ0n) is 10.1. The molecule has 0 spiro atoms. The van der Waals surface area contributed by atoms with Crippen LogP contribution in [0, 0.1) is 0 Å². The summed E-state index contributed by atoms with van der Waals surface area (Å²) in [5, 5.41) is 9.82. The Kier molecular flexibility index (Phi) is 4.21. The van der Waals surface area contributed by atoms with Crippen molar-refractivity contribution in [1.82, 2.24) is 0 Å². The van der Waals surface area contributed by atoms with Crippen molar-refractivity contribution < 1.29 is 19.5 Å². The zero-order valence-corrected chi connectivity index (χ0v) is 10.9. The molecule has 1 aromatic rings. The van der Waals surface area contributed by atoms with Crippen LogP contribution in [0.4, 0.5) is 5.69 Å². The first kappa shape index (κ1) is 13.6. The van der Waals surface area contributed by atoms with Gasteiger partial charge in [0, 0.05) is 12.4 Å². The van der Waals surface area contributed by atoms with Crippen molar-refractivity contribution in [3.05, 3.63) is 30.3 Å². The Bertz CT molecular complexity index is 503. The van der Waals surface area contributed by atoms with Gasteiger partial charge in [-0.25, -0.2) is 4.90 Å². The quantitative estimate of drug-likeness (QED) is 0.719. The van der Waals surface area contributed by atoms with Gasteiger partial charge in [0.25, 0.3) is 0 Å². The van der Waals surface area contributed by atoms with E-state index in [-0.39, 0.29) is 30.4 Å². The molecule has 0 bridgehead atoms. The average Bonchev–Trinajstić information content (AvgIpc) is 2.65. The lowest BCUT2D eigenvalue weighted by molar-refractivity contribution is -0.305. The Morgan fingerprint density at radius 2 is 2.00 bits per heavy atom. The number of anilines is 1. The van der Waals surface area contributed by atoms with Crippen molar-refractivity contribution in [2.45, 2.75) is 18.1 Å². The molecule has 1 aliphatic rings. The first-order valence-electron chi connectivity index (χ1n) is 5.83. The van der Waals surface area contributed by atoms with Crippen LogP contribution in [0.2, 0.25) is 0 Å². The monoisotopic (exact) mass is 278 g/mol. The molecule has 1 fully saturated rings. The van der Waals surface area contributed by atoms with Gasteiger partial charge < -0.3 is 9.90 Å². The highest BCUT2D eigenvalue weighted by Gasteiger charge is 2.39.